The number of anilines is 1. The van der Waals surface area contributed by atoms with Gasteiger partial charge in [-0.2, -0.15) is 0 Å². The summed E-state index contributed by atoms with van der Waals surface area (Å²) >= 11 is 0. The van der Waals surface area contributed by atoms with Crippen LogP contribution in [0.5, 0.6) is 0 Å². The topological polar surface area (TPSA) is 80.5 Å². The molecule has 0 saturated carbocycles. The van der Waals surface area contributed by atoms with Crippen LogP contribution in [-0.2, 0) is 9.84 Å². The number of hydrogen-bond donors (Lipinski definition) is 1. The zero-order valence-electron chi connectivity index (χ0n) is 10.8. The third kappa shape index (κ3) is 2.60. The summed E-state index contributed by atoms with van der Waals surface area (Å²) in [4.78, 5) is 13.2. The zero-order valence-corrected chi connectivity index (χ0v) is 11.6. The van der Waals surface area contributed by atoms with E-state index in [4.69, 9.17) is 5.73 Å². The van der Waals surface area contributed by atoms with Crippen LogP contribution in [0.25, 0.3) is 0 Å². The maximum atomic E-state index is 13.8. The summed E-state index contributed by atoms with van der Waals surface area (Å²) < 4.78 is 50.2. The van der Waals surface area contributed by atoms with Crippen LogP contribution < -0.4 is 5.73 Å². The molecule has 0 aromatic heterocycles. The van der Waals surface area contributed by atoms with Gasteiger partial charge in [0.25, 0.3) is 5.91 Å². The molecule has 2 N–H and O–H groups in total. The summed E-state index contributed by atoms with van der Waals surface area (Å²) in [6.07, 6.45) is 0.260. The minimum absolute atomic E-state index is 0.0306. The van der Waals surface area contributed by atoms with E-state index in [0.29, 0.717) is 0 Å². The van der Waals surface area contributed by atoms with Gasteiger partial charge in [0.05, 0.1) is 17.2 Å². The number of rotatable bonds is 2. The summed E-state index contributed by atoms with van der Waals surface area (Å²) in [6.45, 7) is 0. The number of nitrogen functional groups attached to an aromatic ring is 1. The van der Waals surface area contributed by atoms with Gasteiger partial charge >= 0.3 is 0 Å². The van der Waals surface area contributed by atoms with Crippen molar-refractivity contribution >= 4 is 21.4 Å². The highest BCUT2D eigenvalue weighted by Crippen LogP contribution is 2.23. The minimum atomic E-state index is -3.19. The second-order valence-corrected chi connectivity index (χ2v) is 7.03. The molecule has 0 radical (unpaired) electrons. The Morgan fingerprint density at radius 1 is 1.40 bits per heavy atom. The summed E-state index contributed by atoms with van der Waals surface area (Å²) in [6, 6.07) is 1.36. The Hall–Kier alpha value is -1.70. The van der Waals surface area contributed by atoms with Crippen molar-refractivity contribution in [2.45, 2.75) is 12.5 Å². The predicted octanol–water partition coefficient (Wildman–Crippen LogP) is 0.806. The second-order valence-electron chi connectivity index (χ2n) is 4.80. The van der Waals surface area contributed by atoms with E-state index in [1.807, 2.05) is 0 Å². The summed E-state index contributed by atoms with van der Waals surface area (Å²) in [5, 5.41) is 0. The van der Waals surface area contributed by atoms with Gasteiger partial charge in [-0.25, -0.2) is 17.2 Å². The lowest BCUT2D eigenvalue weighted by atomic mass is 10.1. The van der Waals surface area contributed by atoms with Crippen LogP contribution in [0.4, 0.5) is 14.5 Å². The fraction of sp³-hybridized carbons (Fsp3) is 0.417. The summed E-state index contributed by atoms with van der Waals surface area (Å²) in [5.41, 5.74) is 4.23. The highest BCUT2D eigenvalue weighted by Gasteiger charge is 2.34. The van der Waals surface area contributed by atoms with Crippen molar-refractivity contribution in [2.75, 3.05) is 24.3 Å². The molecule has 1 amide bonds. The fourth-order valence-electron chi connectivity index (χ4n) is 2.19. The first-order chi connectivity index (χ1) is 9.23. The van der Waals surface area contributed by atoms with Gasteiger partial charge in [-0.3, -0.25) is 4.79 Å². The average Bonchev–Trinajstić information content (AvgIpc) is 2.73. The number of amides is 1. The highest BCUT2D eigenvalue weighted by molar-refractivity contribution is 7.91. The largest absolute Gasteiger partial charge is 0.396 e. The van der Waals surface area contributed by atoms with E-state index >= 15 is 0 Å². The van der Waals surface area contributed by atoms with E-state index in [1.165, 1.54) is 7.05 Å². The van der Waals surface area contributed by atoms with Crippen molar-refractivity contribution in [1.82, 2.24) is 4.90 Å². The Morgan fingerprint density at radius 2 is 2.05 bits per heavy atom. The summed E-state index contributed by atoms with van der Waals surface area (Å²) in [7, 11) is -1.86. The number of carbonyl (C=O) groups is 1. The Balaban J connectivity index is 2.31. The molecule has 1 heterocycles. The molecule has 2 rings (SSSR count). The van der Waals surface area contributed by atoms with E-state index < -0.39 is 39.0 Å². The smallest absolute Gasteiger partial charge is 0.259 e. The van der Waals surface area contributed by atoms with Crippen LogP contribution in [0.1, 0.15) is 16.8 Å². The van der Waals surface area contributed by atoms with Crippen LogP contribution in [-0.4, -0.2) is 43.8 Å². The average molecular weight is 304 g/mol. The number of nitrogens with two attached hydrogens (primary N) is 1. The second kappa shape index (κ2) is 5.01. The molecule has 1 atom stereocenters. The molecule has 110 valence electrons. The normalized spacial score (nSPS) is 20.9. The van der Waals surface area contributed by atoms with Crippen molar-refractivity contribution in [3.63, 3.8) is 0 Å². The number of sulfone groups is 1. The van der Waals surface area contributed by atoms with Gasteiger partial charge in [-0.05, 0) is 18.6 Å². The first-order valence-electron chi connectivity index (χ1n) is 5.94. The quantitative estimate of drug-likeness (QED) is 0.820. The van der Waals surface area contributed by atoms with Crippen LogP contribution in [0.3, 0.4) is 0 Å². The van der Waals surface area contributed by atoms with Crippen LogP contribution >= 0.6 is 0 Å². The van der Waals surface area contributed by atoms with Crippen molar-refractivity contribution < 1.29 is 22.0 Å². The zero-order chi connectivity index (χ0) is 15.1. The third-order valence-electron chi connectivity index (χ3n) is 3.41. The van der Waals surface area contributed by atoms with Gasteiger partial charge < -0.3 is 10.6 Å². The molecule has 8 heteroatoms. The van der Waals surface area contributed by atoms with Gasteiger partial charge in [0.15, 0.2) is 15.7 Å². The lowest BCUT2D eigenvalue weighted by Gasteiger charge is -2.24. The van der Waals surface area contributed by atoms with Crippen molar-refractivity contribution in [3.8, 4) is 0 Å². The number of benzene rings is 1. The Labute approximate surface area is 115 Å². The molecule has 1 fully saturated rings. The number of halogens is 2. The molecule has 0 aliphatic carbocycles. The van der Waals surface area contributed by atoms with Gasteiger partial charge in [-0.15, -0.1) is 0 Å². The molecular weight excluding hydrogens is 290 g/mol. The van der Waals surface area contributed by atoms with E-state index in [0.717, 1.165) is 17.0 Å². The molecule has 5 nitrogen and oxygen atoms in total. The third-order valence-corrected chi connectivity index (χ3v) is 5.16. The van der Waals surface area contributed by atoms with Gasteiger partial charge in [0.2, 0.25) is 0 Å². The molecule has 0 spiro atoms. The van der Waals surface area contributed by atoms with E-state index in [1.54, 1.807) is 0 Å². The lowest BCUT2D eigenvalue weighted by Crippen LogP contribution is -2.38. The molecule has 1 aromatic carbocycles. The molecule has 0 bridgehead atoms. The van der Waals surface area contributed by atoms with E-state index in [2.05, 4.69) is 0 Å². The maximum absolute atomic E-state index is 13.8. The van der Waals surface area contributed by atoms with Crippen molar-refractivity contribution in [1.29, 1.82) is 0 Å². The van der Waals surface area contributed by atoms with Crippen LogP contribution in [0.15, 0.2) is 12.1 Å². The first kappa shape index (κ1) is 14.7. The van der Waals surface area contributed by atoms with Gasteiger partial charge in [-0.1, -0.05) is 0 Å². The maximum Gasteiger partial charge on any atom is 0.259 e. The van der Waals surface area contributed by atoms with E-state index in [-0.39, 0.29) is 23.6 Å². The highest BCUT2D eigenvalue weighted by atomic mass is 32.2. The van der Waals surface area contributed by atoms with Gasteiger partial charge in [0.1, 0.15) is 11.4 Å². The number of nitrogens with zero attached hydrogens (tertiary/aromatic N) is 1. The van der Waals surface area contributed by atoms with Crippen LogP contribution in [0, 0.1) is 11.6 Å². The van der Waals surface area contributed by atoms with Crippen molar-refractivity contribution in [2.24, 2.45) is 0 Å². The minimum Gasteiger partial charge on any atom is -0.396 e. The van der Waals surface area contributed by atoms with Crippen molar-refractivity contribution in [3.05, 3.63) is 29.3 Å². The molecule has 1 aliphatic rings. The Bertz CT molecular complexity index is 661. The fourth-order valence-corrected chi connectivity index (χ4v) is 3.96. The molecule has 1 saturated heterocycles. The Morgan fingerprint density at radius 3 is 2.60 bits per heavy atom. The van der Waals surface area contributed by atoms with Crippen LogP contribution in [0.2, 0.25) is 0 Å². The Kier molecular flexibility index (Phi) is 3.68. The molecule has 20 heavy (non-hydrogen) atoms. The number of hydrogen-bond acceptors (Lipinski definition) is 4. The first-order valence-corrected chi connectivity index (χ1v) is 7.76. The number of carbonyl (C=O) groups excluding carboxylic acids is 1. The standard InChI is InChI=1S/C12H14F2N2O3S/c1-16(7-4-5-20(18,19)6-7)12(17)10-8(13)2-3-9(15)11(10)14/h2-3,7H,4-6,15H2,1H3. The summed E-state index contributed by atoms with van der Waals surface area (Å²) in [5.74, 6) is -3.27. The molecule has 1 aromatic rings. The lowest BCUT2D eigenvalue weighted by molar-refractivity contribution is 0.0738. The predicted molar refractivity (Wildman–Crippen MR) is 69.9 cm³/mol. The van der Waals surface area contributed by atoms with E-state index in [9.17, 15) is 22.0 Å². The molecule has 1 aliphatic heterocycles. The molecule has 1 unspecified atom stereocenters. The van der Waals surface area contributed by atoms with Gasteiger partial charge in [0, 0.05) is 13.1 Å². The SMILES string of the molecule is CN(C(=O)c1c(F)ccc(N)c1F)C1CCS(=O)(=O)C1. The monoisotopic (exact) mass is 304 g/mol. The molecular formula is C12H14F2N2O3S.